The van der Waals surface area contributed by atoms with Gasteiger partial charge in [0.1, 0.15) is 12.4 Å². The van der Waals surface area contributed by atoms with Crippen LogP contribution in [0.1, 0.15) is 21.5 Å². The zero-order valence-electron chi connectivity index (χ0n) is 15.5. The Balaban J connectivity index is 1.77. The highest BCUT2D eigenvalue weighted by atomic mass is 127. The second-order valence-electron chi connectivity index (χ2n) is 6.22. The highest BCUT2D eigenvalue weighted by molar-refractivity contribution is 14.1. The largest absolute Gasteiger partial charge is 0.493 e. The lowest BCUT2D eigenvalue weighted by Crippen LogP contribution is -2.13. The first-order valence-corrected chi connectivity index (χ1v) is 9.67. The van der Waals surface area contributed by atoms with E-state index in [-0.39, 0.29) is 11.7 Å². The minimum Gasteiger partial charge on any atom is -0.493 e. The first-order valence-electron chi connectivity index (χ1n) is 8.59. The van der Waals surface area contributed by atoms with Crippen molar-refractivity contribution < 1.29 is 18.7 Å². The Morgan fingerprint density at radius 3 is 2.39 bits per heavy atom. The number of carbonyl (C=O) groups excluding carboxylic acids is 1. The number of rotatable bonds is 6. The number of hydrogen-bond donors (Lipinski definition) is 1. The van der Waals surface area contributed by atoms with Crippen LogP contribution in [-0.4, -0.2) is 13.0 Å². The lowest BCUT2D eigenvalue weighted by molar-refractivity contribution is 0.102. The number of anilines is 1. The van der Waals surface area contributed by atoms with Crippen molar-refractivity contribution in [2.75, 3.05) is 12.4 Å². The van der Waals surface area contributed by atoms with E-state index in [0.717, 1.165) is 9.13 Å². The third-order valence-electron chi connectivity index (χ3n) is 4.10. The van der Waals surface area contributed by atoms with Crippen LogP contribution < -0.4 is 14.8 Å². The number of aryl methyl sites for hydroxylation is 1. The molecule has 0 aliphatic rings. The van der Waals surface area contributed by atoms with Gasteiger partial charge in [-0.2, -0.15) is 0 Å². The van der Waals surface area contributed by atoms with E-state index in [4.69, 9.17) is 9.47 Å². The van der Waals surface area contributed by atoms with E-state index in [1.54, 1.807) is 12.1 Å². The van der Waals surface area contributed by atoms with Crippen LogP contribution in [0.25, 0.3) is 0 Å². The van der Waals surface area contributed by atoms with Crippen molar-refractivity contribution >= 4 is 34.2 Å². The molecule has 0 fully saturated rings. The molecule has 0 aliphatic carbocycles. The number of hydrogen-bond acceptors (Lipinski definition) is 3. The summed E-state index contributed by atoms with van der Waals surface area (Å²) in [7, 11) is 1.53. The quantitative estimate of drug-likeness (QED) is 0.459. The van der Waals surface area contributed by atoms with Gasteiger partial charge < -0.3 is 14.8 Å². The van der Waals surface area contributed by atoms with Gasteiger partial charge in [-0.1, -0.05) is 29.8 Å². The highest BCUT2D eigenvalue weighted by Crippen LogP contribution is 2.34. The fourth-order valence-corrected chi connectivity index (χ4v) is 3.32. The van der Waals surface area contributed by atoms with E-state index < -0.39 is 0 Å². The molecular weight excluding hydrogens is 472 g/mol. The van der Waals surface area contributed by atoms with E-state index in [0.29, 0.717) is 29.4 Å². The molecule has 0 bridgehead atoms. The molecule has 0 atom stereocenters. The Labute approximate surface area is 176 Å². The van der Waals surface area contributed by atoms with Crippen molar-refractivity contribution in [3.63, 3.8) is 0 Å². The maximum atomic E-state index is 13.0. The predicted octanol–water partition coefficient (Wildman–Crippen LogP) is 5.58. The van der Waals surface area contributed by atoms with Crippen LogP contribution >= 0.6 is 22.6 Å². The summed E-state index contributed by atoms with van der Waals surface area (Å²) >= 11 is 2.12. The maximum Gasteiger partial charge on any atom is 0.255 e. The van der Waals surface area contributed by atoms with Gasteiger partial charge in [-0.25, -0.2) is 4.39 Å². The van der Waals surface area contributed by atoms with Gasteiger partial charge in [-0.05, 0) is 71.5 Å². The number of benzene rings is 3. The molecular formula is C22H19FINO3. The van der Waals surface area contributed by atoms with E-state index in [1.807, 2.05) is 31.2 Å². The third kappa shape index (κ3) is 5.01. The molecule has 1 N–H and O–H groups in total. The van der Waals surface area contributed by atoms with Crippen LogP contribution in [0.2, 0.25) is 0 Å². The van der Waals surface area contributed by atoms with Gasteiger partial charge in [-0.15, -0.1) is 0 Å². The van der Waals surface area contributed by atoms with E-state index in [9.17, 15) is 9.18 Å². The Bertz CT molecular complexity index is 972. The summed E-state index contributed by atoms with van der Waals surface area (Å²) in [5.41, 5.74) is 3.17. The highest BCUT2D eigenvalue weighted by Gasteiger charge is 2.16. The molecule has 1 amide bonds. The molecule has 0 saturated heterocycles. The maximum absolute atomic E-state index is 13.0. The van der Waals surface area contributed by atoms with Crippen molar-refractivity contribution in [1.29, 1.82) is 0 Å². The number of ether oxygens (including phenoxy) is 2. The van der Waals surface area contributed by atoms with E-state index in [1.165, 1.54) is 36.9 Å². The van der Waals surface area contributed by atoms with Gasteiger partial charge in [0.05, 0.1) is 10.7 Å². The number of halogens is 2. The minimum absolute atomic E-state index is 0.312. The van der Waals surface area contributed by atoms with Crippen LogP contribution in [0.4, 0.5) is 10.1 Å². The molecule has 3 aromatic carbocycles. The number of methoxy groups -OCH3 is 1. The van der Waals surface area contributed by atoms with Gasteiger partial charge in [0, 0.05) is 11.3 Å². The molecule has 3 rings (SSSR count). The lowest BCUT2D eigenvalue weighted by atomic mass is 10.1. The summed E-state index contributed by atoms with van der Waals surface area (Å²) in [6.45, 7) is 2.43. The zero-order chi connectivity index (χ0) is 20.1. The van der Waals surface area contributed by atoms with Crippen LogP contribution in [0.3, 0.4) is 0 Å². The van der Waals surface area contributed by atoms with Crippen LogP contribution in [0, 0.1) is 16.3 Å². The second kappa shape index (κ2) is 9.05. The van der Waals surface area contributed by atoms with E-state index >= 15 is 0 Å². The Hall–Kier alpha value is -2.61. The molecule has 4 nitrogen and oxygen atoms in total. The zero-order valence-corrected chi connectivity index (χ0v) is 17.6. The molecule has 144 valence electrons. The monoisotopic (exact) mass is 491 g/mol. The second-order valence-corrected chi connectivity index (χ2v) is 7.39. The summed E-state index contributed by atoms with van der Waals surface area (Å²) in [5, 5.41) is 2.74. The fourth-order valence-electron chi connectivity index (χ4n) is 2.57. The van der Waals surface area contributed by atoms with Crippen LogP contribution in [0.5, 0.6) is 11.5 Å². The lowest BCUT2D eigenvalue weighted by Gasteiger charge is -2.15. The summed E-state index contributed by atoms with van der Waals surface area (Å²) < 4.78 is 25.1. The molecule has 3 aromatic rings. The summed E-state index contributed by atoms with van der Waals surface area (Å²) in [6.07, 6.45) is 0. The van der Waals surface area contributed by atoms with Crippen molar-refractivity contribution in [1.82, 2.24) is 0 Å². The average Bonchev–Trinajstić information content (AvgIpc) is 2.69. The Morgan fingerprint density at radius 1 is 1.07 bits per heavy atom. The number of nitrogens with one attached hydrogen (secondary N) is 1. The molecule has 0 heterocycles. The Kier molecular flexibility index (Phi) is 6.51. The standard InChI is InChI=1S/C22H19FINO3/c1-14-3-5-15(6-4-14)13-28-21-19(24)11-16(12-20(21)27-2)22(26)25-18-9-7-17(23)8-10-18/h3-12H,13H2,1-2H3,(H,25,26). The van der Waals surface area contributed by atoms with Gasteiger partial charge >= 0.3 is 0 Å². The molecule has 0 saturated carbocycles. The van der Waals surface area contributed by atoms with Crippen molar-refractivity contribution in [3.05, 3.63) is 86.7 Å². The summed E-state index contributed by atoms with van der Waals surface area (Å²) in [6, 6.07) is 17.1. The minimum atomic E-state index is -0.357. The first-order chi connectivity index (χ1) is 13.5. The number of carbonyl (C=O) groups is 1. The van der Waals surface area contributed by atoms with Crippen LogP contribution in [-0.2, 0) is 6.61 Å². The SMILES string of the molecule is COc1cc(C(=O)Nc2ccc(F)cc2)cc(I)c1OCc1ccc(C)cc1. The van der Waals surface area contributed by atoms with Crippen molar-refractivity contribution in [2.45, 2.75) is 13.5 Å². The number of amides is 1. The molecule has 0 unspecified atom stereocenters. The normalized spacial score (nSPS) is 10.4. The summed E-state index contributed by atoms with van der Waals surface area (Å²) in [5.74, 6) is 0.391. The van der Waals surface area contributed by atoms with Crippen molar-refractivity contribution in [3.8, 4) is 11.5 Å². The van der Waals surface area contributed by atoms with Gasteiger partial charge in [0.25, 0.3) is 5.91 Å². The molecule has 0 radical (unpaired) electrons. The van der Waals surface area contributed by atoms with Gasteiger partial charge in [0.2, 0.25) is 0 Å². The van der Waals surface area contributed by atoms with Gasteiger partial charge in [0.15, 0.2) is 11.5 Å². The van der Waals surface area contributed by atoms with Gasteiger partial charge in [-0.3, -0.25) is 4.79 Å². The third-order valence-corrected chi connectivity index (χ3v) is 4.90. The van der Waals surface area contributed by atoms with Crippen LogP contribution in [0.15, 0.2) is 60.7 Å². The average molecular weight is 491 g/mol. The first kappa shape index (κ1) is 20.1. The summed E-state index contributed by atoms with van der Waals surface area (Å²) in [4.78, 5) is 12.5. The molecule has 0 spiro atoms. The molecule has 0 aliphatic heterocycles. The fraction of sp³-hybridized carbons (Fsp3) is 0.136. The van der Waals surface area contributed by atoms with E-state index in [2.05, 4.69) is 27.9 Å². The molecule has 0 aromatic heterocycles. The Morgan fingerprint density at radius 2 is 1.75 bits per heavy atom. The topological polar surface area (TPSA) is 47.6 Å². The molecule has 6 heteroatoms. The smallest absolute Gasteiger partial charge is 0.255 e. The predicted molar refractivity (Wildman–Crippen MR) is 116 cm³/mol. The molecule has 28 heavy (non-hydrogen) atoms. The van der Waals surface area contributed by atoms with Crippen molar-refractivity contribution in [2.24, 2.45) is 0 Å².